The lowest BCUT2D eigenvalue weighted by Crippen LogP contribution is -2.25. The molecule has 0 fully saturated rings. The molecule has 0 atom stereocenters. The molecule has 0 aliphatic heterocycles. The fourth-order valence-electron chi connectivity index (χ4n) is 1.74. The Bertz CT molecular complexity index is 585. The zero-order valence-electron chi connectivity index (χ0n) is 11.4. The van der Waals surface area contributed by atoms with Crippen molar-refractivity contribution in [2.24, 2.45) is 0 Å². The number of aromatic nitrogens is 2. The highest BCUT2D eigenvalue weighted by Gasteiger charge is 2.16. The summed E-state index contributed by atoms with van der Waals surface area (Å²) in [7, 11) is 0. The summed E-state index contributed by atoms with van der Waals surface area (Å²) in [6.07, 6.45) is 3.36. The molecule has 0 saturated heterocycles. The first-order valence-electron chi connectivity index (χ1n) is 6.59. The molecule has 3 N–H and O–H groups in total. The standard InChI is InChI=1S/C13H18N4O2S/c1-2-7-19-8-3-5-15-12(18)11-10(14)9-4-6-16-17-13(9)20-11/h4,6H,2-3,5,7-8,14H2,1H3,(H,15,18). The molecule has 2 heterocycles. The maximum Gasteiger partial charge on any atom is 0.263 e. The summed E-state index contributed by atoms with van der Waals surface area (Å²) in [6.45, 7) is 4.05. The smallest absolute Gasteiger partial charge is 0.263 e. The van der Waals surface area contributed by atoms with Crippen LogP contribution in [-0.4, -0.2) is 35.9 Å². The fourth-order valence-corrected chi connectivity index (χ4v) is 2.70. The minimum atomic E-state index is -0.166. The lowest BCUT2D eigenvalue weighted by atomic mass is 10.3. The van der Waals surface area contributed by atoms with E-state index in [0.717, 1.165) is 24.8 Å². The van der Waals surface area contributed by atoms with Gasteiger partial charge in [-0.05, 0) is 18.9 Å². The number of amides is 1. The van der Waals surface area contributed by atoms with Gasteiger partial charge in [0, 0.05) is 25.1 Å². The summed E-state index contributed by atoms with van der Waals surface area (Å²) in [5, 5.41) is 11.4. The van der Waals surface area contributed by atoms with Crippen molar-refractivity contribution in [3.05, 3.63) is 17.1 Å². The number of nitrogen functional groups attached to an aromatic ring is 1. The minimum absolute atomic E-state index is 0.166. The molecule has 0 aliphatic carbocycles. The van der Waals surface area contributed by atoms with E-state index in [2.05, 4.69) is 22.4 Å². The fraction of sp³-hybridized carbons (Fsp3) is 0.462. The molecule has 108 valence electrons. The molecule has 2 aromatic heterocycles. The van der Waals surface area contributed by atoms with E-state index in [1.807, 2.05) is 0 Å². The van der Waals surface area contributed by atoms with Gasteiger partial charge in [0.05, 0.1) is 11.9 Å². The second-order valence-corrected chi connectivity index (χ2v) is 5.32. The zero-order chi connectivity index (χ0) is 14.4. The van der Waals surface area contributed by atoms with Crippen LogP contribution in [0.1, 0.15) is 29.4 Å². The molecular weight excluding hydrogens is 276 g/mol. The first kappa shape index (κ1) is 14.7. The van der Waals surface area contributed by atoms with Crippen molar-refractivity contribution in [3.63, 3.8) is 0 Å². The van der Waals surface area contributed by atoms with Crippen LogP contribution < -0.4 is 11.1 Å². The Morgan fingerprint density at radius 2 is 2.35 bits per heavy atom. The van der Waals surface area contributed by atoms with Gasteiger partial charge in [-0.3, -0.25) is 4.79 Å². The minimum Gasteiger partial charge on any atom is -0.397 e. The van der Waals surface area contributed by atoms with Gasteiger partial charge in [0.15, 0.2) is 0 Å². The number of hydrogen-bond acceptors (Lipinski definition) is 6. The van der Waals surface area contributed by atoms with Gasteiger partial charge in [0.25, 0.3) is 5.91 Å². The van der Waals surface area contributed by atoms with Gasteiger partial charge >= 0.3 is 0 Å². The Labute approximate surface area is 121 Å². The van der Waals surface area contributed by atoms with E-state index in [0.29, 0.717) is 28.5 Å². The highest BCUT2D eigenvalue weighted by molar-refractivity contribution is 7.21. The summed E-state index contributed by atoms with van der Waals surface area (Å²) in [5.41, 5.74) is 6.44. The van der Waals surface area contributed by atoms with Crippen LogP contribution >= 0.6 is 11.3 Å². The number of thiophene rings is 1. The topological polar surface area (TPSA) is 90.1 Å². The quantitative estimate of drug-likeness (QED) is 0.760. The summed E-state index contributed by atoms with van der Waals surface area (Å²) < 4.78 is 5.35. The van der Waals surface area contributed by atoms with Crippen LogP contribution in [0.25, 0.3) is 10.2 Å². The number of rotatable bonds is 7. The normalized spacial score (nSPS) is 10.8. The third-order valence-electron chi connectivity index (χ3n) is 2.73. The third-order valence-corrected chi connectivity index (χ3v) is 3.83. The molecule has 20 heavy (non-hydrogen) atoms. The number of nitrogens with one attached hydrogen (secondary N) is 1. The van der Waals surface area contributed by atoms with E-state index in [1.165, 1.54) is 11.3 Å². The first-order chi connectivity index (χ1) is 9.74. The molecule has 0 aromatic carbocycles. The average molecular weight is 294 g/mol. The Balaban J connectivity index is 1.89. The molecule has 0 bridgehead atoms. The van der Waals surface area contributed by atoms with Crippen LogP contribution in [0, 0.1) is 0 Å². The second-order valence-electron chi connectivity index (χ2n) is 4.32. The van der Waals surface area contributed by atoms with Crippen LogP contribution in [0.4, 0.5) is 5.69 Å². The van der Waals surface area contributed by atoms with E-state index in [9.17, 15) is 4.79 Å². The number of hydrogen-bond donors (Lipinski definition) is 2. The Morgan fingerprint density at radius 1 is 1.50 bits per heavy atom. The van der Waals surface area contributed by atoms with E-state index in [-0.39, 0.29) is 5.91 Å². The molecule has 7 heteroatoms. The van der Waals surface area contributed by atoms with Crippen LogP contribution in [-0.2, 0) is 4.74 Å². The number of nitrogens with zero attached hydrogens (tertiary/aromatic N) is 2. The lowest BCUT2D eigenvalue weighted by molar-refractivity contribution is 0.0946. The van der Waals surface area contributed by atoms with Gasteiger partial charge in [-0.25, -0.2) is 0 Å². The molecular formula is C13H18N4O2S. The molecule has 2 aromatic rings. The zero-order valence-corrected chi connectivity index (χ0v) is 12.2. The molecule has 2 rings (SSSR count). The molecule has 0 unspecified atom stereocenters. The van der Waals surface area contributed by atoms with E-state index < -0.39 is 0 Å². The first-order valence-corrected chi connectivity index (χ1v) is 7.41. The van der Waals surface area contributed by atoms with Crippen LogP contribution in [0.15, 0.2) is 12.3 Å². The van der Waals surface area contributed by atoms with Crippen molar-refractivity contribution in [2.45, 2.75) is 19.8 Å². The second kappa shape index (κ2) is 7.16. The van der Waals surface area contributed by atoms with Crippen molar-refractivity contribution in [1.29, 1.82) is 0 Å². The predicted octanol–water partition coefficient (Wildman–Crippen LogP) is 1.82. The van der Waals surface area contributed by atoms with Crippen molar-refractivity contribution < 1.29 is 9.53 Å². The SMILES string of the molecule is CCCOCCCNC(=O)c1sc2nnccc2c1N. The number of nitrogens with two attached hydrogens (primary N) is 1. The molecule has 6 nitrogen and oxygen atoms in total. The maximum atomic E-state index is 12.1. The largest absolute Gasteiger partial charge is 0.397 e. The van der Waals surface area contributed by atoms with Gasteiger partial charge in [-0.2, -0.15) is 5.10 Å². The number of carbonyl (C=O) groups is 1. The highest BCUT2D eigenvalue weighted by Crippen LogP contribution is 2.31. The average Bonchev–Trinajstić information content (AvgIpc) is 2.80. The molecule has 0 radical (unpaired) electrons. The molecule has 1 amide bonds. The van der Waals surface area contributed by atoms with E-state index >= 15 is 0 Å². The van der Waals surface area contributed by atoms with Gasteiger partial charge in [-0.1, -0.05) is 6.92 Å². The van der Waals surface area contributed by atoms with Crippen LogP contribution in [0.5, 0.6) is 0 Å². The maximum absolute atomic E-state index is 12.1. The van der Waals surface area contributed by atoms with Gasteiger partial charge in [0.2, 0.25) is 0 Å². The number of anilines is 1. The Kier molecular flexibility index (Phi) is 5.25. The number of fused-ring (bicyclic) bond motifs is 1. The van der Waals surface area contributed by atoms with Crippen LogP contribution in [0.2, 0.25) is 0 Å². The van der Waals surface area contributed by atoms with Gasteiger partial charge in [-0.15, -0.1) is 16.4 Å². The van der Waals surface area contributed by atoms with Crippen molar-refractivity contribution in [1.82, 2.24) is 15.5 Å². The third kappa shape index (κ3) is 3.43. The lowest BCUT2D eigenvalue weighted by Gasteiger charge is -2.05. The predicted molar refractivity (Wildman–Crippen MR) is 79.9 cm³/mol. The number of ether oxygens (including phenoxy) is 1. The summed E-state index contributed by atoms with van der Waals surface area (Å²) >= 11 is 1.26. The monoisotopic (exact) mass is 294 g/mol. The Hall–Kier alpha value is -1.73. The van der Waals surface area contributed by atoms with Gasteiger partial charge in [0.1, 0.15) is 9.71 Å². The Morgan fingerprint density at radius 3 is 3.10 bits per heavy atom. The van der Waals surface area contributed by atoms with E-state index in [4.69, 9.17) is 10.5 Å². The van der Waals surface area contributed by atoms with Crippen molar-refractivity contribution >= 4 is 33.1 Å². The highest BCUT2D eigenvalue weighted by atomic mass is 32.1. The summed E-state index contributed by atoms with van der Waals surface area (Å²) in [4.78, 5) is 13.2. The molecule has 0 aliphatic rings. The summed E-state index contributed by atoms with van der Waals surface area (Å²) in [6, 6.07) is 1.77. The van der Waals surface area contributed by atoms with Crippen molar-refractivity contribution in [3.8, 4) is 0 Å². The molecule has 0 saturated carbocycles. The number of carbonyl (C=O) groups excluding carboxylic acids is 1. The van der Waals surface area contributed by atoms with Gasteiger partial charge < -0.3 is 15.8 Å². The summed E-state index contributed by atoms with van der Waals surface area (Å²) in [5.74, 6) is -0.166. The van der Waals surface area contributed by atoms with Crippen LogP contribution in [0.3, 0.4) is 0 Å². The molecule has 0 spiro atoms. The van der Waals surface area contributed by atoms with E-state index in [1.54, 1.807) is 12.3 Å². The van der Waals surface area contributed by atoms with Crippen molar-refractivity contribution in [2.75, 3.05) is 25.5 Å².